The van der Waals surface area contributed by atoms with Gasteiger partial charge in [-0.1, -0.05) is 0 Å². The van der Waals surface area contributed by atoms with E-state index in [1.54, 1.807) is 59.5 Å². The molecule has 0 spiro atoms. The molecule has 6 nitrogen and oxygen atoms in total. The molecule has 0 rings (SSSR count). The van der Waals surface area contributed by atoms with E-state index in [0.29, 0.717) is 0 Å². The van der Waals surface area contributed by atoms with Crippen LogP contribution in [-0.2, 0) is 26.6 Å². The second-order valence-corrected chi connectivity index (χ2v) is 11.6. The summed E-state index contributed by atoms with van der Waals surface area (Å²) in [7, 11) is 3.80. The van der Waals surface area contributed by atoms with Crippen molar-refractivity contribution in [2.45, 2.75) is 16.8 Å². The molecular formula is C9H25AsO6Si2. The van der Waals surface area contributed by atoms with E-state index in [-0.39, 0.29) is 5.16 Å². The minimum atomic E-state index is -2.87. The van der Waals surface area contributed by atoms with Gasteiger partial charge in [0.05, 0.1) is 0 Å². The van der Waals surface area contributed by atoms with E-state index in [9.17, 15) is 0 Å². The van der Waals surface area contributed by atoms with Gasteiger partial charge in [-0.3, -0.25) is 0 Å². The van der Waals surface area contributed by atoms with Gasteiger partial charge in [0.2, 0.25) is 0 Å². The van der Waals surface area contributed by atoms with Crippen LogP contribution in [0.3, 0.4) is 0 Å². The monoisotopic (exact) mass is 360 g/mol. The Morgan fingerprint density at radius 1 is 0.722 bits per heavy atom. The van der Waals surface area contributed by atoms with E-state index in [2.05, 4.69) is 0 Å². The third-order valence-corrected chi connectivity index (χ3v) is 11.5. The molecule has 0 bridgehead atoms. The van der Waals surface area contributed by atoms with E-state index in [1.807, 2.05) is 0 Å². The molecule has 0 amide bonds. The Morgan fingerprint density at radius 2 is 1.00 bits per heavy atom. The topological polar surface area (TPSA) is 55.4 Å². The molecule has 110 valence electrons. The van der Waals surface area contributed by atoms with Gasteiger partial charge in [-0.15, -0.1) is 0 Å². The summed E-state index contributed by atoms with van der Waals surface area (Å²) in [5.41, 5.74) is 0. The van der Waals surface area contributed by atoms with Gasteiger partial charge >= 0.3 is 120 Å². The van der Waals surface area contributed by atoms with E-state index in [0.717, 1.165) is 11.6 Å². The summed E-state index contributed by atoms with van der Waals surface area (Å²) in [4.78, 5) is 0. The molecule has 18 heavy (non-hydrogen) atoms. The average Bonchev–Trinajstić information content (AvgIpc) is 2.44. The number of rotatable bonds is 10. The van der Waals surface area contributed by atoms with E-state index in [1.165, 1.54) is 0 Å². The molecule has 0 aliphatic carbocycles. The molecule has 0 N–H and O–H groups in total. The standard InChI is InChI=1S/C9H25AsO6Si2/c1-11-17(12-2,13-3)9(7-8-10)18(14-4,15-5)16-6/h9H,7-8,10H2,1-6H3. The average molecular weight is 360 g/mol. The van der Waals surface area contributed by atoms with Crippen molar-refractivity contribution in [2.24, 2.45) is 0 Å². The SMILES string of the molecule is CO[Si](OC)(OC)C(CC[AsH2])[Si](OC)(OC)OC. The number of hydrogen-bond acceptors (Lipinski definition) is 6. The fraction of sp³-hybridized carbons (Fsp3) is 1.00. The van der Waals surface area contributed by atoms with Crippen LogP contribution >= 0.6 is 0 Å². The summed E-state index contributed by atoms with van der Waals surface area (Å²) in [6.45, 7) is 0. The van der Waals surface area contributed by atoms with Crippen LogP contribution < -0.4 is 0 Å². The van der Waals surface area contributed by atoms with E-state index in [4.69, 9.17) is 26.6 Å². The molecule has 0 heterocycles. The van der Waals surface area contributed by atoms with Crippen LogP contribution in [0.5, 0.6) is 0 Å². The first kappa shape index (κ1) is 18.8. The van der Waals surface area contributed by atoms with Gasteiger partial charge in [-0.2, -0.15) is 0 Å². The van der Waals surface area contributed by atoms with Crippen molar-refractivity contribution >= 4 is 34.5 Å². The zero-order valence-corrected chi connectivity index (χ0v) is 16.4. The first-order valence-electron chi connectivity index (χ1n) is 5.57. The molecule has 0 fully saturated rings. The molecule has 9 heteroatoms. The van der Waals surface area contributed by atoms with Gasteiger partial charge in [0.15, 0.2) is 0 Å². The van der Waals surface area contributed by atoms with Crippen LogP contribution in [-0.4, -0.2) is 77.1 Å². The van der Waals surface area contributed by atoms with Crippen LogP contribution in [0.1, 0.15) is 6.42 Å². The Labute approximate surface area is 120 Å². The van der Waals surface area contributed by atoms with Crippen molar-refractivity contribution in [1.29, 1.82) is 0 Å². The molecule has 0 aromatic heterocycles. The summed E-state index contributed by atoms with van der Waals surface area (Å²) in [6, 6.07) is 0. The normalized spacial score (nSPS) is 13.3. The molecule has 0 radical (unpaired) electrons. The summed E-state index contributed by atoms with van der Waals surface area (Å²) >= 11 is 1.63. The van der Waals surface area contributed by atoms with Crippen LogP contribution in [0.2, 0.25) is 10.4 Å². The van der Waals surface area contributed by atoms with Crippen molar-refractivity contribution in [1.82, 2.24) is 0 Å². The molecule has 0 saturated heterocycles. The molecular weight excluding hydrogens is 335 g/mol. The first-order chi connectivity index (χ1) is 8.56. The van der Waals surface area contributed by atoms with Gasteiger partial charge in [0, 0.05) is 0 Å². The van der Waals surface area contributed by atoms with Gasteiger partial charge in [-0.25, -0.2) is 0 Å². The zero-order chi connectivity index (χ0) is 14.2. The summed E-state index contributed by atoms with van der Waals surface area (Å²) in [6.07, 6.45) is 0.823. The molecule has 1 unspecified atom stereocenters. The zero-order valence-electron chi connectivity index (χ0n) is 12.0. The Bertz CT molecular complexity index is 189. The van der Waals surface area contributed by atoms with Gasteiger partial charge in [0.1, 0.15) is 0 Å². The van der Waals surface area contributed by atoms with Gasteiger partial charge < -0.3 is 0 Å². The first-order valence-corrected chi connectivity index (χ1v) is 10.9. The van der Waals surface area contributed by atoms with Gasteiger partial charge in [0.25, 0.3) is 0 Å². The minimum absolute atomic E-state index is 0.128. The second kappa shape index (κ2) is 8.83. The molecule has 0 aliphatic heterocycles. The summed E-state index contributed by atoms with van der Waals surface area (Å²) in [5, 5.41) is 0.865. The molecule has 1 atom stereocenters. The molecule has 0 aromatic rings. The maximum absolute atomic E-state index is 5.56. The Hall–Kier alpha value is 0.752. The Kier molecular flexibility index (Phi) is 9.20. The summed E-state index contributed by atoms with van der Waals surface area (Å²) < 4.78 is 33.4. The van der Waals surface area contributed by atoms with Crippen molar-refractivity contribution in [3.63, 3.8) is 0 Å². The predicted octanol–water partition coefficient (Wildman–Crippen LogP) is 0.0935. The quantitative estimate of drug-likeness (QED) is 0.515. The van der Waals surface area contributed by atoms with Crippen molar-refractivity contribution in [3.05, 3.63) is 0 Å². The molecule has 0 aromatic carbocycles. The molecule has 0 saturated carbocycles. The molecule has 0 aliphatic rings. The van der Waals surface area contributed by atoms with Crippen LogP contribution in [0.25, 0.3) is 0 Å². The maximum atomic E-state index is 5.56. The van der Waals surface area contributed by atoms with Crippen molar-refractivity contribution in [3.8, 4) is 0 Å². The third-order valence-electron chi connectivity index (χ3n) is 3.02. The fourth-order valence-electron chi connectivity index (χ4n) is 2.09. The van der Waals surface area contributed by atoms with Crippen molar-refractivity contribution in [2.75, 3.05) is 42.7 Å². The van der Waals surface area contributed by atoms with E-state index >= 15 is 0 Å². The fourth-order valence-corrected chi connectivity index (χ4v) is 11.8. The third kappa shape index (κ3) is 3.65. The van der Waals surface area contributed by atoms with Crippen molar-refractivity contribution < 1.29 is 26.6 Å². The summed E-state index contributed by atoms with van der Waals surface area (Å²) in [5.74, 6) is 0. The van der Waals surface area contributed by atoms with E-state index < -0.39 is 17.6 Å². The Morgan fingerprint density at radius 3 is 1.17 bits per heavy atom. The van der Waals surface area contributed by atoms with Crippen LogP contribution in [0.4, 0.5) is 0 Å². The Balaban J connectivity index is 5.49. The van der Waals surface area contributed by atoms with Gasteiger partial charge in [-0.05, 0) is 0 Å². The van der Waals surface area contributed by atoms with Crippen LogP contribution in [0, 0.1) is 0 Å². The van der Waals surface area contributed by atoms with Crippen LogP contribution in [0.15, 0.2) is 0 Å². The second-order valence-electron chi connectivity index (χ2n) is 3.56. The predicted molar refractivity (Wildman–Crippen MR) is 75.3 cm³/mol. The number of hydrogen-bond donors (Lipinski definition) is 0.